The minimum Gasteiger partial charge on any atom is -0.386 e. The van der Waals surface area contributed by atoms with Crippen molar-refractivity contribution in [2.75, 3.05) is 11.9 Å². The van der Waals surface area contributed by atoms with E-state index in [0.717, 1.165) is 50.1 Å². The molecule has 1 saturated heterocycles. The van der Waals surface area contributed by atoms with Crippen LogP contribution in [-0.2, 0) is 31.0 Å². The summed E-state index contributed by atoms with van der Waals surface area (Å²) in [5, 5.41) is 17.2. The van der Waals surface area contributed by atoms with E-state index in [9.17, 15) is 5.11 Å². The zero-order valence-corrected chi connectivity index (χ0v) is 41.6. The smallest absolute Gasteiger partial charge is 0.167 e. The minimum absolute atomic E-state index is 0.00642. The first-order valence-corrected chi connectivity index (χ1v) is 25.7. The van der Waals surface area contributed by atoms with Crippen LogP contribution in [0, 0.1) is 0 Å². The maximum Gasteiger partial charge on any atom is 0.167 e. The molecule has 2 aromatic heterocycles. The van der Waals surface area contributed by atoms with Crippen LogP contribution in [0.3, 0.4) is 0 Å². The normalized spacial score (nSPS) is 16.9. The molecule has 1 aliphatic heterocycles. The van der Waals surface area contributed by atoms with E-state index in [4.69, 9.17) is 29.2 Å². The van der Waals surface area contributed by atoms with Crippen LogP contribution in [0.25, 0.3) is 11.2 Å². The average molecular weight is 994 g/mol. The van der Waals surface area contributed by atoms with Crippen LogP contribution in [0.2, 0.25) is 0 Å². The molecule has 76 heavy (non-hydrogen) atoms. The highest BCUT2D eigenvalue weighted by Gasteiger charge is 2.53. The van der Waals surface area contributed by atoms with Crippen molar-refractivity contribution in [1.82, 2.24) is 19.5 Å². The number of hydrogen-bond acceptors (Lipinski definition) is 8. The molecule has 372 valence electrons. The second kappa shape index (κ2) is 21.2. The van der Waals surface area contributed by atoms with Gasteiger partial charge in [-0.25, -0.2) is 15.0 Å². The van der Waals surface area contributed by atoms with Gasteiger partial charge in [-0.05, 0) is 50.1 Å². The number of fused-ring (bicyclic) bond motifs is 1. The lowest BCUT2D eigenvalue weighted by atomic mass is 9.77. The van der Waals surface area contributed by atoms with Crippen molar-refractivity contribution in [3.63, 3.8) is 0 Å². The Labute approximate surface area is 442 Å². The molecule has 3 heterocycles. The molecular formula is C67H55N5O4. The third-order valence-electron chi connectivity index (χ3n) is 14.7. The van der Waals surface area contributed by atoms with E-state index in [1.807, 2.05) is 164 Å². The van der Waals surface area contributed by atoms with Crippen molar-refractivity contribution in [1.29, 1.82) is 0 Å². The SMILES string of the molecule is O[C@@H]1[C@H](OC(c2ccccc2)(c2ccccc2)c2ccccc2)[C@@H](COC(c2ccccc2)(c2ccccc2)c2ccccc2)O[C@H]1n1cnc2c(NC(c3ccccc3)(c3ccccc3)c3ccccc3)ncnc21. The predicted octanol–water partition coefficient (Wildman–Crippen LogP) is 12.9. The number of anilines is 1. The molecule has 0 unspecified atom stereocenters. The molecule has 0 saturated carbocycles. The monoisotopic (exact) mass is 993 g/mol. The lowest BCUT2D eigenvalue weighted by Gasteiger charge is -2.41. The van der Waals surface area contributed by atoms with Gasteiger partial charge in [0.25, 0.3) is 0 Å². The van der Waals surface area contributed by atoms with Crippen molar-refractivity contribution in [3.8, 4) is 0 Å². The number of nitrogens with one attached hydrogen (secondary N) is 1. The number of aromatic nitrogens is 4. The number of rotatable bonds is 17. The Bertz CT molecular complexity index is 3310. The van der Waals surface area contributed by atoms with Crippen molar-refractivity contribution < 1.29 is 19.3 Å². The number of aliphatic hydroxyl groups is 1. The van der Waals surface area contributed by atoms with Crippen LogP contribution in [0.4, 0.5) is 5.82 Å². The van der Waals surface area contributed by atoms with Gasteiger partial charge < -0.3 is 24.6 Å². The van der Waals surface area contributed by atoms with E-state index >= 15 is 0 Å². The van der Waals surface area contributed by atoms with Crippen LogP contribution >= 0.6 is 0 Å². The fourth-order valence-electron chi connectivity index (χ4n) is 11.2. The van der Waals surface area contributed by atoms with Crippen molar-refractivity contribution >= 4 is 17.0 Å². The zero-order valence-electron chi connectivity index (χ0n) is 41.6. The van der Waals surface area contributed by atoms with Gasteiger partial charge in [0.2, 0.25) is 0 Å². The quantitative estimate of drug-likeness (QED) is 0.0870. The second-order valence-corrected chi connectivity index (χ2v) is 19.0. The van der Waals surface area contributed by atoms with Crippen molar-refractivity contribution in [2.45, 2.75) is 41.3 Å². The molecule has 9 aromatic carbocycles. The molecule has 12 rings (SSSR count). The highest BCUT2D eigenvalue weighted by molar-refractivity contribution is 5.84. The Morgan fingerprint density at radius 3 is 1.14 bits per heavy atom. The average Bonchev–Trinajstić information content (AvgIpc) is 4.08. The Balaban J connectivity index is 1.01. The number of aliphatic hydroxyl groups excluding tert-OH is 1. The molecule has 0 bridgehead atoms. The molecule has 1 fully saturated rings. The fourth-order valence-corrected chi connectivity index (χ4v) is 11.2. The van der Waals surface area contributed by atoms with Gasteiger partial charge in [-0.2, -0.15) is 0 Å². The van der Waals surface area contributed by atoms with Crippen LogP contribution in [-0.4, -0.2) is 49.5 Å². The number of benzene rings is 9. The maximum atomic E-state index is 13.3. The van der Waals surface area contributed by atoms with Gasteiger partial charge in [-0.1, -0.05) is 273 Å². The highest BCUT2D eigenvalue weighted by Crippen LogP contribution is 2.48. The van der Waals surface area contributed by atoms with Crippen molar-refractivity contribution in [2.24, 2.45) is 0 Å². The summed E-state index contributed by atoms with van der Waals surface area (Å²) in [6, 6.07) is 92.4. The first kappa shape index (κ1) is 48.1. The molecule has 9 heteroatoms. The fraction of sp³-hybridized carbons (Fsp3) is 0.119. The van der Waals surface area contributed by atoms with Crippen molar-refractivity contribution in [3.05, 3.63) is 336 Å². The standard InChI is InChI=1S/C67H55N5O4/c73-60-61(76-67(55-40-22-7-23-41-55,56-42-24-8-25-43-56)57-44-26-9-27-45-57)58(46-74-66(52-34-16-4-17-35-52,53-36-18-5-19-37-53)54-38-20-6-21-39-54)75-64(60)72-48-70-59-62(68-47-69-63(59)72)71-65(49-28-10-1-11-29-49,50-30-12-2-13-31-50)51-32-14-3-15-33-51/h1-45,47-48,58,60-61,64,73H,46H2,(H,68,69,71)/t58-,60-,61-,64-/m1/s1. The van der Waals surface area contributed by atoms with Gasteiger partial charge in [-0.15, -0.1) is 0 Å². The summed E-state index contributed by atoms with van der Waals surface area (Å²) < 4.78 is 24.5. The lowest BCUT2D eigenvalue weighted by Crippen LogP contribution is -2.46. The largest absolute Gasteiger partial charge is 0.386 e. The van der Waals surface area contributed by atoms with E-state index < -0.39 is 41.3 Å². The summed E-state index contributed by atoms with van der Waals surface area (Å²) in [6.45, 7) is -0.00642. The Morgan fingerprint density at radius 1 is 0.434 bits per heavy atom. The zero-order chi connectivity index (χ0) is 51.2. The summed E-state index contributed by atoms with van der Waals surface area (Å²) in [6.07, 6.45) is -1.01. The Kier molecular flexibility index (Phi) is 13.4. The second-order valence-electron chi connectivity index (χ2n) is 19.0. The van der Waals surface area contributed by atoms with Gasteiger partial charge in [-0.3, -0.25) is 4.57 Å². The molecule has 1 aliphatic rings. The van der Waals surface area contributed by atoms with E-state index in [2.05, 4.69) is 115 Å². The number of ether oxygens (including phenoxy) is 3. The highest BCUT2D eigenvalue weighted by atomic mass is 16.6. The molecule has 0 spiro atoms. The third-order valence-corrected chi connectivity index (χ3v) is 14.7. The molecule has 0 aliphatic carbocycles. The molecular weight excluding hydrogens is 939 g/mol. The summed E-state index contributed by atoms with van der Waals surface area (Å²) in [4.78, 5) is 14.8. The predicted molar refractivity (Wildman–Crippen MR) is 297 cm³/mol. The number of hydrogen-bond donors (Lipinski definition) is 2. The summed E-state index contributed by atoms with van der Waals surface area (Å²) in [5.74, 6) is 0.495. The molecule has 9 nitrogen and oxygen atoms in total. The van der Waals surface area contributed by atoms with Gasteiger partial charge in [0, 0.05) is 0 Å². The van der Waals surface area contributed by atoms with Crippen LogP contribution < -0.4 is 5.32 Å². The molecule has 11 aromatic rings. The number of imidazole rings is 1. The van der Waals surface area contributed by atoms with Gasteiger partial charge in [0.1, 0.15) is 41.4 Å². The first-order chi connectivity index (χ1) is 37.6. The van der Waals surface area contributed by atoms with Gasteiger partial charge in [0.05, 0.1) is 12.9 Å². The summed E-state index contributed by atoms with van der Waals surface area (Å²) in [7, 11) is 0. The van der Waals surface area contributed by atoms with Crippen LogP contribution in [0.15, 0.2) is 286 Å². The minimum atomic E-state index is -1.29. The Hall–Kier alpha value is -8.83. The van der Waals surface area contributed by atoms with E-state index in [-0.39, 0.29) is 6.61 Å². The molecule has 0 radical (unpaired) electrons. The van der Waals surface area contributed by atoms with E-state index in [1.54, 1.807) is 10.9 Å². The number of nitrogens with zero attached hydrogens (tertiary/aromatic N) is 4. The summed E-state index contributed by atoms with van der Waals surface area (Å²) in [5.41, 5.74) is 6.17. The Morgan fingerprint density at radius 2 is 0.776 bits per heavy atom. The lowest BCUT2D eigenvalue weighted by molar-refractivity contribution is -0.131. The van der Waals surface area contributed by atoms with Crippen LogP contribution in [0.1, 0.15) is 56.3 Å². The summed E-state index contributed by atoms with van der Waals surface area (Å²) >= 11 is 0. The van der Waals surface area contributed by atoms with Gasteiger partial charge >= 0.3 is 0 Å². The molecule has 2 N–H and O–H groups in total. The van der Waals surface area contributed by atoms with Crippen LogP contribution in [0.5, 0.6) is 0 Å². The topological polar surface area (TPSA) is 104 Å². The van der Waals surface area contributed by atoms with Gasteiger partial charge in [0.15, 0.2) is 23.2 Å². The molecule has 0 amide bonds. The van der Waals surface area contributed by atoms with E-state index in [1.165, 1.54) is 6.33 Å². The maximum absolute atomic E-state index is 13.3. The molecule has 4 atom stereocenters. The third kappa shape index (κ3) is 8.65. The van der Waals surface area contributed by atoms with E-state index in [0.29, 0.717) is 17.0 Å². The first-order valence-electron chi connectivity index (χ1n) is 25.7.